The summed E-state index contributed by atoms with van der Waals surface area (Å²) in [4.78, 5) is 9.00. The number of nitrogens with one attached hydrogen (secondary N) is 1. The summed E-state index contributed by atoms with van der Waals surface area (Å²) in [5.74, 6) is 2.51. The largest absolute Gasteiger partial charge is 0.381 e. The fraction of sp³-hybridized carbons (Fsp3) is 0.500. The molecule has 0 spiro atoms. The molecule has 1 aliphatic heterocycles. The maximum Gasteiger partial charge on any atom is 0.156 e. The summed E-state index contributed by atoms with van der Waals surface area (Å²) in [6, 6.07) is 3.78. The summed E-state index contributed by atoms with van der Waals surface area (Å²) in [5, 5.41) is 6.91. The van der Waals surface area contributed by atoms with Gasteiger partial charge in [-0.3, -0.25) is 0 Å². The van der Waals surface area contributed by atoms with Gasteiger partial charge in [0.05, 0.1) is 25.0 Å². The molecule has 112 valence electrons. The average molecular weight is 290 g/mol. The molecule has 0 bridgehead atoms. The van der Waals surface area contributed by atoms with E-state index >= 15 is 0 Å². The second kappa shape index (κ2) is 6.64. The van der Waals surface area contributed by atoms with Gasteiger partial charge < -0.3 is 19.3 Å². The molecule has 2 aromatic rings. The molecule has 2 aromatic heterocycles. The van der Waals surface area contributed by atoms with Crippen LogP contribution in [0.2, 0.25) is 0 Å². The lowest BCUT2D eigenvalue weighted by atomic mass is 10.0. The molecule has 21 heavy (non-hydrogen) atoms. The molecule has 0 aliphatic carbocycles. The van der Waals surface area contributed by atoms with Crippen LogP contribution in [0.3, 0.4) is 0 Å². The van der Waals surface area contributed by atoms with Gasteiger partial charge in [0, 0.05) is 31.8 Å². The maximum atomic E-state index is 5.43. The van der Waals surface area contributed by atoms with Crippen LogP contribution in [0.1, 0.15) is 29.6 Å². The van der Waals surface area contributed by atoms with Crippen molar-refractivity contribution in [3.63, 3.8) is 0 Å². The van der Waals surface area contributed by atoms with E-state index in [-0.39, 0.29) is 0 Å². The van der Waals surface area contributed by atoms with Crippen molar-refractivity contribution >= 4 is 5.82 Å². The Bertz CT molecular complexity index is 568. The van der Waals surface area contributed by atoms with E-state index in [1.54, 1.807) is 13.3 Å². The van der Waals surface area contributed by atoms with E-state index in [0.717, 1.165) is 30.3 Å². The number of ether oxygens (including phenoxy) is 2. The Labute approximate surface area is 122 Å². The molecule has 1 aliphatic rings. The molecule has 1 N–H and O–H groups in total. The Hall–Kier alpha value is -1.99. The summed E-state index contributed by atoms with van der Waals surface area (Å²) in [6.45, 7) is 2.42. The average Bonchev–Trinajstić information content (AvgIpc) is 3.19. The quantitative estimate of drug-likeness (QED) is 0.867. The van der Waals surface area contributed by atoms with Crippen molar-refractivity contribution < 1.29 is 14.0 Å². The molecule has 0 amide bonds. The number of anilines is 1. The minimum atomic E-state index is 0.328. The minimum Gasteiger partial charge on any atom is -0.381 e. The van der Waals surface area contributed by atoms with Crippen molar-refractivity contribution in [2.45, 2.75) is 25.5 Å². The Balaban J connectivity index is 1.77. The Morgan fingerprint density at radius 1 is 1.43 bits per heavy atom. The van der Waals surface area contributed by atoms with Crippen LogP contribution in [0.4, 0.5) is 5.82 Å². The highest BCUT2D eigenvalue weighted by Crippen LogP contribution is 2.25. The lowest BCUT2D eigenvalue weighted by molar-refractivity contribution is 0.177. The third kappa shape index (κ3) is 3.56. The maximum absolute atomic E-state index is 5.43. The normalized spacial score (nSPS) is 18.0. The van der Waals surface area contributed by atoms with Crippen molar-refractivity contribution in [3.8, 4) is 0 Å². The fourth-order valence-corrected chi connectivity index (χ4v) is 2.29. The highest BCUT2D eigenvalue weighted by Gasteiger charge is 2.20. The predicted molar refractivity (Wildman–Crippen MR) is 74.8 cm³/mol. The van der Waals surface area contributed by atoms with Gasteiger partial charge in [-0.15, -0.1) is 0 Å². The first-order valence-corrected chi connectivity index (χ1v) is 6.93. The highest BCUT2D eigenvalue weighted by atomic mass is 16.5. The Morgan fingerprint density at radius 3 is 3.10 bits per heavy atom. The third-order valence-corrected chi connectivity index (χ3v) is 3.35. The summed E-state index contributed by atoms with van der Waals surface area (Å²) >= 11 is 0. The standard InChI is InChI=1S/C14H18N4O3/c1-19-9-14-17-12(10-3-5-20-8-10)6-13(18-14)15-7-11-2-4-16-21-11/h2,4,6,10H,3,5,7-9H2,1H3,(H,15,17,18)/t10-/m1/s1. The number of methoxy groups -OCH3 is 1. The molecule has 7 heteroatoms. The van der Waals surface area contributed by atoms with E-state index in [4.69, 9.17) is 14.0 Å². The molecule has 3 rings (SSSR count). The highest BCUT2D eigenvalue weighted by molar-refractivity contribution is 5.37. The molecule has 1 fully saturated rings. The molecule has 3 heterocycles. The third-order valence-electron chi connectivity index (χ3n) is 3.35. The van der Waals surface area contributed by atoms with Gasteiger partial charge >= 0.3 is 0 Å². The summed E-state index contributed by atoms with van der Waals surface area (Å²) < 4.78 is 15.6. The molecule has 7 nitrogen and oxygen atoms in total. The topological polar surface area (TPSA) is 82.3 Å². The van der Waals surface area contributed by atoms with Gasteiger partial charge in [-0.2, -0.15) is 0 Å². The van der Waals surface area contributed by atoms with Gasteiger partial charge in [0.15, 0.2) is 11.6 Å². The zero-order valence-electron chi connectivity index (χ0n) is 11.9. The monoisotopic (exact) mass is 290 g/mol. The predicted octanol–water partition coefficient (Wildman–Crippen LogP) is 1.73. The van der Waals surface area contributed by atoms with Crippen LogP contribution < -0.4 is 5.32 Å². The first kappa shape index (κ1) is 14.0. The van der Waals surface area contributed by atoms with Crippen LogP contribution in [0, 0.1) is 0 Å². The van der Waals surface area contributed by atoms with Gasteiger partial charge in [0.25, 0.3) is 0 Å². The lowest BCUT2D eigenvalue weighted by Gasteiger charge is -2.12. The van der Waals surface area contributed by atoms with Crippen LogP contribution >= 0.6 is 0 Å². The second-order valence-electron chi connectivity index (χ2n) is 4.92. The molecule has 0 aromatic carbocycles. The molecular formula is C14H18N4O3. The Kier molecular flexibility index (Phi) is 4.42. The lowest BCUT2D eigenvalue weighted by Crippen LogP contribution is -2.10. The van der Waals surface area contributed by atoms with E-state index in [9.17, 15) is 0 Å². The van der Waals surface area contributed by atoms with Crippen molar-refractivity contribution in [3.05, 3.63) is 35.6 Å². The van der Waals surface area contributed by atoms with Crippen molar-refractivity contribution in [2.24, 2.45) is 0 Å². The molecule has 0 unspecified atom stereocenters. The molecular weight excluding hydrogens is 272 g/mol. The van der Waals surface area contributed by atoms with E-state index in [1.807, 2.05) is 12.1 Å². The first-order valence-electron chi connectivity index (χ1n) is 6.93. The second-order valence-corrected chi connectivity index (χ2v) is 4.92. The zero-order valence-corrected chi connectivity index (χ0v) is 11.9. The number of hydrogen-bond donors (Lipinski definition) is 1. The van der Waals surface area contributed by atoms with Gasteiger partial charge in [0.1, 0.15) is 12.4 Å². The Morgan fingerprint density at radius 2 is 2.38 bits per heavy atom. The van der Waals surface area contributed by atoms with Crippen LogP contribution in [0.25, 0.3) is 0 Å². The number of nitrogens with zero attached hydrogens (tertiary/aromatic N) is 3. The van der Waals surface area contributed by atoms with Crippen LogP contribution in [-0.4, -0.2) is 35.4 Å². The molecule has 1 saturated heterocycles. The van der Waals surface area contributed by atoms with E-state index in [0.29, 0.717) is 31.5 Å². The zero-order chi connectivity index (χ0) is 14.5. The first-order chi connectivity index (χ1) is 10.3. The van der Waals surface area contributed by atoms with Gasteiger partial charge in [-0.1, -0.05) is 5.16 Å². The number of hydrogen-bond acceptors (Lipinski definition) is 7. The van der Waals surface area contributed by atoms with Crippen LogP contribution in [0.15, 0.2) is 22.9 Å². The van der Waals surface area contributed by atoms with Crippen molar-refractivity contribution in [2.75, 3.05) is 25.6 Å². The smallest absolute Gasteiger partial charge is 0.156 e. The molecule has 0 saturated carbocycles. The minimum absolute atomic E-state index is 0.328. The van der Waals surface area contributed by atoms with Crippen LogP contribution in [-0.2, 0) is 22.6 Å². The molecule has 0 radical (unpaired) electrons. The summed E-state index contributed by atoms with van der Waals surface area (Å²) in [7, 11) is 1.64. The van der Waals surface area contributed by atoms with E-state index < -0.39 is 0 Å². The molecule has 1 atom stereocenters. The van der Waals surface area contributed by atoms with E-state index in [1.165, 1.54) is 0 Å². The van der Waals surface area contributed by atoms with Crippen LogP contribution in [0.5, 0.6) is 0 Å². The number of aromatic nitrogens is 3. The number of rotatable bonds is 6. The van der Waals surface area contributed by atoms with Gasteiger partial charge in [0.2, 0.25) is 0 Å². The fourth-order valence-electron chi connectivity index (χ4n) is 2.29. The SMILES string of the molecule is COCc1nc(NCc2ccno2)cc([C@@H]2CCOC2)n1. The van der Waals surface area contributed by atoms with E-state index in [2.05, 4.69) is 20.4 Å². The summed E-state index contributed by atoms with van der Waals surface area (Å²) in [5.41, 5.74) is 0.995. The summed E-state index contributed by atoms with van der Waals surface area (Å²) in [6.07, 6.45) is 2.61. The van der Waals surface area contributed by atoms with Gasteiger partial charge in [-0.05, 0) is 6.42 Å². The van der Waals surface area contributed by atoms with Crippen molar-refractivity contribution in [1.82, 2.24) is 15.1 Å². The van der Waals surface area contributed by atoms with Crippen molar-refractivity contribution in [1.29, 1.82) is 0 Å². The van der Waals surface area contributed by atoms with Gasteiger partial charge in [-0.25, -0.2) is 9.97 Å².